The predicted octanol–water partition coefficient (Wildman–Crippen LogP) is 0.622. The minimum absolute atomic E-state index is 0.0581. The molecule has 0 saturated carbocycles. The highest BCUT2D eigenvalue weighted by Crippen LogP contribution is 2.21. The largest absolute Gasteiger partial charge is 0.481 e. The lowest BCUT2D eigenvalue weighted by atomic mass is 10.1. The van der Waals surface area contributed by atoms with Crippen molar-refractivity contribution in [1.29, 1.82) is 0 Å². The third kappa shape index (κ3) is 3.14. The van der Waals surface area contributed by atoms with Gasteiger partial charge in [-0.05, 0) is 18.6 Å². The summed E-state index contributed by atoms with van der Waals surface area (Å²) in [5.74, 6) is -1.48. The number of nitrogens with one attached hydrogen (secondary N) is 1. The minimum Gasteiger partial charge on any atom is -0.481 e. The zero-order valence-electron chi connectivity index (χ0n) is 11.1. The molecular formula is C14H16N2O4. The Morgan fingerprint density at radius 1 is 1.40 bits per heavy atom. The molecule has 2 rings (SSSR count). The maximum Gasteiger partial charge on any atom is 0.305 e. The van der Waals surface area contributed by atoms with Crippen molar-refractivity contribution in [2.45, 2.75) is 25.9 Å². The zero-order valence-corrected chi connectivity index (χ0v) is 11.1. The number of rotatable bonds is 5. The van der Waals surface area contributed by atoms with Crippen molar-refractivity contribution in [3.8, 4) is 0 Å². The number of carboxylic acid groups (broad SMARTS) is 1. The van der Waals surface area contributed by atoms with Crippen molar-refractivity contribution in [1.82, 2.24) is 10.2 Å². The van der Waals surface area contributed by atoms with Crippen LogP contribution in [-0.2, 0) is 16.1 Å². The van der Waals surface area contributed by atoms with Gasteiger partial charge >= 0.3 is 5.97 Å². The van der Waals surface area contributed by atoms with Gasteiger partial charge in [-0.1, -0.05) is 18.2 Å². The summed E-state index contributed by atoms with van der Waals surface area (Å²) in [5, 5.41) is 11.2. The first-order valence-electron chi connectivity index (χ1n) is 6.35. The van der Waals surface area contributed by atoms with Crippen LogP contribution in [0.15, 0.2) is 24.3 Å². The molecule has 106 valence electrons. The average Bonchev–Trinajstić information content (AvgIpc) is 2.65. The lowest BCUT2D eigenvalue weighted by Gasteiger charge is -2.17. The van der Waals surface area contributed by atoms with E-state index in [-0.39, 0.29) is 24.8 Å². The third-order valence-corrected chi connectivity index (χ3v) is 3.12. The monoisotopic (exact) mass is 276 g/mol. The van der Waals surface area contributed by atoms with Crippen molar-refractivity contribution >= 4 is 17.8 Å². The molecule has 0 spiro atoms. The Morgan fingerprint density at radius 2 is 2.10 bits per heavy atom. The number of amides is 2. The molecule has 1 heterocycles. The first-order chi connectivity index (χ1) is 9.47. The Labute approximate surface area is 116 Å². The molecule has 0 aromatic heterocycles. The fourth-order valence-electron chi connectivity index (χ4n) is 2.25. The van der Waals surface area contributed by atoms with E-state index in [4.69, 9.17) is 5.11 Å². The number of nitrogens with zero attached hydrogens (tertiary/aromatic N) is 1. The van der Waals surface area contributed by atoms with E-state index in [1.807, 2.05) is 12.1 Å². The van der Waals surface area contributed by atoms with Crippen molar-refractivity contribution < 1.29 is 19.5 Å². The summed E-state index contributed by atoms with van der Waals surface area (Å²) < 4.78 is 0. The highest BCUT2D eigenvalue weighted by molar-refractivity contribution is 6.00. The number of hydrogen-bond acceptors (Lipinski definition) is 3. The zero-order chi connectivity index (χ0) is 14.7. The van der Waals surface area contributed by atoms with Gasteiger partial charge in [0.05, 0.1) is 6.42 Å². The molecule has 1 aromatic rings. The standard InChI is InChI=1S/C14H16N2O4/c1-9(6-13(18)19)15-12(17)8-16-7-10-4-2-3-5-11(10)14(16)20/h2-5,9H,6-8H2,1H3,(H,15,17)(H,18,19). The second-order valence-electron chi connectivity index (χ2n) is 4.88. The topological polar surface area (TPSA) is 86.7 Å². The Kier molecular flexibility index (Phi) is 4.02. The average molecular weight is 276 g/mol. The number of benzene rings is 1. The van der Waals surface area contributed by atoms with Crippen molar-refractivity contribution in [2.75, 3.05) is 6.54 Å². The molecule has 2 amide bonds. The molecule has 0 radical (unpaired) electrons. The summed E-state index contributed by atoms with van der Waals surface area (Å²) in [6.45, 7) is 1.97. The summed E-state index contributed by atoms with van der Waals surface area (Å²) in [6, 6.07) is 6.78. The molecular weight excluding hydrogens is 260 g/mol. The van der Waals surface area contributed by atoms with Crippen molar-refractivity contribution in [3.63, 3.8) is 0 Å². The summed E-state index contributed by atoms with van der Waals surface area (Å²) in [7, 11) is 0. The second-order valence-corrected chi connectivity index (χ2v) is 4.88. The van der Waals surface area contributed by atoms with E-state index < -0.39 is 12.0 Å². The van der Waals surface area contributed by atoms with Crippen LogP contribution < -0.4 is 5.32 Å². The molecule has 6 heteroatoms. The fraction of sp³-hybridized carbons (Fsp3) is 0.357. The Morgan fingerprint density at radius 3 is 2.75 bits per heavy atom. The predicted molar refractivity (Wildman–Crippen MR) is 71.0 cm³/mol. The number of carbonyl (C=O) groups is 3. The van der Waals surface area contributed by atoms with Crippen LogP contribution in [0, 0.1) is 0 Å². The van der Waals surface area contributed by atoms with Crippen LogP contribution in [-0.4, -0.2) is 40.4 Å². The highest BCUT2D eigenvalue weighted by Gasteiger charge is 2.28. The van der Waals surface area contributed by atoms with E-state index in [1.165, 1.54) is 4.90 Å². The molecule has 2 N–H and O–H groups in total. The van der Waals surface area contributed by atoms with E-state index in [0.29, 0.717) is 12.1 Å². The molecule has 0 saturated heterocycles. The number of carboxylic acids is 1. The van der Waals surface area contributed by atoms with Gasteiger partial charge in [-0.25, -0.2) is 0 Å². The van der Waals surface area contributed by atoms with Crippen molar-refractivity contribution in [2.24, 2.45) is 0 Å². The maximum absolute atomic E-state index is 12.0. The van der Waals surface area contributed by atoms with Gasteiger partial charge in [-0.3, -0.25) is 14.4 Å². The molecule has 1 aliphatic heterocycles. The smallest absolute Gasteiger partial charge is 0.305 e. The second kappa shape index (κ2) is 5.73. The summed E-state index contributed by atoms with van der Waals surface area (Å²) >= 11 is 0. The first-order valence-corrected chi connectivity index (χ1v) is 6.35. The molecule has 0 fully saturated rings. The van der Waals surface area contributed by atoms with E-state index in [9.17, 15) is 14.4 Å². The number of fused-ring (bicyclic) bond motifs is 1. The number of carbonyl (C=O) groups excluding carboxylic acids is 2. The third-order valence-electron chi connectivity index (χ3n) is 3.12. The van der Waals surface area contributed by atoms with Gasteiger partial charge < -0.3 is 15.3 Å². The molecule has 1 unspecified atom stereocenters. The van der Waals surface area contributed by atoms with Crippen LogP contribution in [0.1, 0.15) is 29.3 Å². The Balaban J connectivity index is 1.91. The lowest BCUT2D eigenvalue weighted by Crippen LogP contribution is -2.41. The van der Waals surface area contributed by atoms with Gasteiger partial charge in [-0.2, -0.15) is 0 Å². The molecule has 6 nitrogen and oxygen atoms in total. The molecule has 0 bridgehead atoms. The van der Waals surface area contributed by atoms with Crippen molar-refractivity contribution in [3.05, 3.63) is 35.4 Å². The van der Waals surface area contributed by atoms with E-state index >= 15 is 0 Å². The van der Waals surface area contributed by atoms with Gasteiger partial charge in [0.15, 0.2) is 0 Å². The Bertz CT molecular complexity index is 556. The quantitative estimate of drug-likeness (QED) is 0.825. The molecule has 20 heavy (non-hydrogen) atoms. The normalized spacial score (nSPS) is 14.8. The van der Waals surface area contributed by atoms with Gasteiger partial charge in [0.25, 0.3) is 5.91 Å². The molecule has 1 atom stereocenters. The maximum atomic E-state index is 12.0. The number of aliphatic carboxylic acids is 1. The van der Waals surface area contributed by atoms with Crippen LogP contribution in [0.4, 0.5) is 0 Å². The van der Waals surface area contributed by atoms with E-state index in [0.717, 1.165) is 5.56 Å². The van der Waals surface area contributed by atoms with Gasteiger partial charge in [0, 0.05) is 18.2 Å². The van der Waals surface area contributed by atoms with Gasteiger partial charge in [-0.15, -0.1) is 0 Å². The fourth-order valence-corrected chi connectivity index (χ4v) is 2.25. The van der Waals surface area contributed by atoms with E-state index in [1.54, 1.807) is 19.1 Å². The van der Waals surface area contributed by atoms with Crippen LogP contribution in [0.3, 0.4) is 0 Å². The van der Waals surface area contributed by atoms with Gasteiger partial charge in [0.2, 0.25) is 5.91 Å². The summed E-state index contributed by atoms with van der Waals surface area (Å²) in [6.07, 6.45) is -0.139. The van der Waals surface area contributed by atoms with Crippen LogP contribution >= 0.6 is 0 Å². The minimum atomic E-state index is -0.970. The summed E-state index contributed by atoms with van der Waals surface area (Å²) in [5.41, 5.74) is 1.53. The lowest BCUT2D eigenvalue weighted by molar-refractivity contribution is -0.137. The molecule has 1 aliphatic rings. The van der Waals surface area contributed by atoms with Crippen LogP contribution in [0.2, 0.25) is 0 Å². The first kappa shape index (κ1) is 14.0. The van der Waals surface area contributed by atoms with Crippen LogP contribution in [0.5, 0.6) is 0 Å². The van der Waals surface area contributed by atoms with Crippen LogP contribution in [0.25, 0.3) is 0 Å². The molecule has 0 aliphatic carbocycles. The summed E-state index contributed by atoms with van der Waals surface area (Å²) in [4.78, 5) is 35.8. The van der Waals surface area contributed by atoms with E-state index in [2.05, 4.69) is 5.32 Å². The SMILES string of the molecule is CC(CC(=O)O)NC(=O)CN1Cc2ccccc2C1=O. The van der Waals surface area contributed by atoms with Gasteiger partial charge in [0.1, 0.15) is 6.54 Å². The Hall–Kier alpha value is -2.37. The number of hydrogen-bond donors (Lipinski definition) is 2. The molecule has 1 aromatic carbocycles. The highest BCUT2D eigenvalue weighted by atomic mass is 16.4.